The van der Waals surface area contributed by atoms with E-state index in [9.17, 15) is 15.3 Å². The average Bonchev–Trinajstić information content (AvgIpc) is 2.46. The summed E-state index contributed by atoms with van der Waals surface area (Å²) in [6, 6.07) is 7.30. The summed E-state index contributed by atoms with van der Waals surface area (Å²) in [5.41, 5.74) is 6.57. The van der Waals surface area contributed by atoms with Crippen molar-refractivity contribution in [3.8, 4) is 0 Å². The molecule has 6 N–H and O–H groups in total. The van der Waals surface area contributed by atoms with E-state index < -0.39 is 36.5 Å². The maximum atomic E-state index is 9.89. The summed E-state index contributed by atoms with van der Waals surface area (Å²) >= 11 is 1.29. The van der Waals surface area contributed by atoms with Gasteiger partial charge in [0.05, 0.1) is 6.61 Å². The molecule has 0 aliphatic carbocycles. The van der Waals surface area contributed by atoms with E-state index in [-0.39, 0.29) is 0 Å². The summed E-state index contributed by atoms with van der Waals surface area (Å²) in [5, 5.41) is 38.3. The van der Waals surface area contributed by atoms with E-state index >= 15 is 0 Å². The highest BCUT2D eigenvalue weighted by molar-refractivity contribution is 7.99. The fourth-order valence-corrected chi connectivity index (χ4v) is 3.13. The Morgan fingerprint density at radius 2 is 1.70 bits per heavy atom. The summed E-state index contributed by atoms with van der Waals surface area (Å²) in [6.07, 6.45) is -4.71. The first kappa shape index (κ1) is 15.6. The summed E-state index contributed by atoms with van der Waals surface area (Å²) in [7, 11) is 0. The van der Waals surface area contributed by atoms with Crippen LogP contribution in [0, 0.1) is 0 Å². The predicted octanol–water partition coefficient (Wildman–Crippen LogP) is -0.698. The van der Waals surface area contributed by atoms with Crippen LogP contribution in [-0.4, -0.2) is 56.9 Å². The van der Waals surface area contributed by atoms with Crippen LogP contribution < -0.4 is 5.73 Å². The van der Waals surface area contributed by atoms with E-state index in [1.807, 2.05) is 12.1 Å². The van der Waals surface area contributed by atoms with Gasteiger partial charge in [-0.25, -0.2) is 0 Å². The number of aliphatic hydroxyl groups excluding tert-OH is 4. The van der Waals surface area contributed by atoms with Crippen LogP contribution in [0.4, 0.5) is 5.69 Å². The maximum absolute atomic E-state index is 9.89. The fourth-order valence-electron chi connectivity index (χ4n) is 2.00. The largest absolute Gasteiger partial charge is 0.399 e. The SMILES string of the molecule is Nc1ccc(CS[C@@H]2OC(CO)[C@@H](O)[C@H](O)C2O)cc1. The van der Waals surface area contributed by atoms with E-state index in [0.29, 0.717) is 11.4 Å². The van der Waals surface area contributed by atoms with Gasteiger partial charge in [-0.05, 0) is 17.7 Å². The number of thioether (sulfide) groups is 1. The molecule has 2 unspecified atom stereocenters. The molecular weight excluding hydrogens is 282 g/mol. The maximum Gasteiger partial charge on any atom is 0.132 e. The molecule has 112 valence electrons. The molecule has 0 saturated carbocycles. The zero-order valence-corrected chi connectivity index (χ0v) is 11.6. The number of ether oxygens (including phenoxy) is 1. The van der Waals surface area contributed by atoms with Gasteiger partial charge in [0, 0.05) is 11.4 Å². The lowest BCUT2D eigenvalue weighted by Gasteiger charge is -2.39. The summed E-state index contributed by atoms with van der Waals surface area (Å²) in [6.45, 7) is -0.413. The van der Waals surface area contributed by atoms with Gasteiger partial charge >= 0.3 is 0 Å². The average molecular weight is 301 g/mol. The van der Waals surface area contributed by atoms with Crippen molar-refractivity contribution in [2.45, 2.75) is 35.6 Å². The molecule has 1 heterocycles. The predicted molar refractivity (Wildman–Crippen MR) is 75.9 cm³/mol. The second-order valence-electron chi connectivity index (χ2n) is 4.75. The van der Waals surface area contributed by atoms with Crippen LogP contribution in [-0.2, 0) is 10.5 Å². The highest BCUT2D eigenvalue weighted by atomic mass is 32.2. The summed E-state index contributed by atoms with van der Waals surface area (Å²) < 4.78 is 5.40. The molecule has 1 aromatic carbocycles. The summed E-state index contributed by atoms with van der Waals surface area (Å²) in [4.78, 5) is 0. The lowest BCUT2D eigenvalue weighted by Crippen LogP contribution is -2.57. The Morgan fingerprint density at radius 3 is 2.30 bits per heavy atom. The molecule has 2 rings (SSSR count). The van der Waals surface area contributed by atoms with Crippen molar-refractivity contribution in [1.29, 1.82) is 0 Å². The van der Waals surface area contributed by atoms with E-state index in [0.717, 1.165) is 5.56 Å². The number of rotatable bonds is 4. The van der Waals surface area contributed by atoms with Crippen molar-refractivity contribution in [3.63, 3.8) is 0 Å². The molecular formula is C13H19NO5S. The first-order chi connectivity index (χ1) is 9.52. The van der Waals surface area contributed by atoms with E-state index in [1.165, 1.54) is 11.8 Å². The van der Waals surface area contributed by atoms with Gasteiger partial charge in [-0.3, -0.25) is 0 Å². The Bertz CT molecular complexity index is 427. The van der Waals surface area contributed by atoms with Crippen LogP contribution >= 0.6 is 11.8 Å². The number of aliphatic hydroxyl groups is 4. The van der Waals surface area contributed by atoms with Crippen molar-refractivity contribution in [1.82, 2.24) is 0 Å². The Balaban J connectivity index is 1.95. The van der Waals surface area contributed by atoms with Crippen LogP contribution in [0.5, 0.6) is 0 Å². The number of benzene rings is 1. The molecule has 6 nitrogen and oxygen atoms in total. The second-order valence-corrected chi connectivity index (χ2v) is 5.84. The van der Waals surface area contributed by atoms with Crippen LogP contribution in [0.25, 0.3) is 0 Å². The minimum Gasteiger partial charge on any atom is -0.399 e. The van der Waals surface area contributed by atoms with Crippen molar-refractivity contribution >= 4 is 17.4 Å². The van der Waals surface area contributed by atoms with Crippen molar-refractivity contribution in [2.24, 2.45) is 0 Å². The van der Waals surface area contributed by atoms with E-state index in [2.05, 4.69) is 0 Å². The van der Waals surface area contributed by atoms with Crippen LogP contribution in [0.3, 0.4) is 0 Å². The third-order valence-corrected chi connectivity index (χ3v) is 4.46. The zero-order chi connectivity index (χ0) is 14.7. The van der Waals surface area contributed by atoms with E-state index in [1.54, 1.807) is 12.1 Å². The molecule has 0 bridgehead atoms. The number of hydrogen-bond acceptors (Lipinski definition) is 7. The van der Waals surface area contributed by atoms with E-state index in [4.69, 9.17) is 15.6 Å². The quantitative estimate of drug-likeness (QED) is 0.467. The minimum atomic E-state index is -1.33. The number of anilines is 1. The monoisotopic (exact) mass is 301 g/mol. The molecule has 1 aromatic rings. The molecule has 20 heavy (non-hydrogen) atoms. The summed E-state index contributed by atoms with van der Waals surface area (Å²) in [5.74, 6) is 0.559. The normalized spacial score (nSPS) is 34.1. The number of hydrogen-bond donors (Lipinski definition) is 5. The molecule has 1 fully saturated rings. The Morgan fingerprint density at radius 1 is 1.05 bits per heavy atom. The van der Waals surface area contributed by atoms with Gasteiger partial charge in [0.2, 0.25) is 0 Å². The topological polar surface area (TPSA) is 116 Å². The van der Waals surface area contributed by atoms with Crippen LogP contribution in [0.2, 0.25) is 0 Å². The standard InChI is InChI=1S/C13H19NO5S/c14-8-3-1-7(2-4-8)6-20-13-12(18)11(17)10(16)9(5-15)19-13/h1-4,9-13,15-18H,5-6,14H2/t9?,10-,11+,12?,13+/m1/s1. The second kappa shape index (κ2) is 6.75. The highest BCUT2D eigenvalue weighted by Gasteiger charge is 2.43. The van der Waals surface area contributed by atoms with Gasteiger partial charge in [0.25, 0.3) is 0 Å². The lowest BCUT2D eigenvalue weighted by atomic mass is 10.0. The zero-order valence-electron chi connectivity index (χ0n) is 10.8. The fraction of sp³-hybridized carbons (Fsp3) is 0.538. The minimum absolute atomic E-state index is 0.413. The van der Waals surface area contributed by atoms with Gasteiger partial charge in [0.15, 0.2) is 0 Å². The van der Waals surface area contributed by atoms with Gasteiger partial charge in [-0.15, -0.1) is 11.8 Å². The van der Waals surface area contributed by atoms with Crippen molar-refractivity contribution in [3.05, 3.63) is 29.8 Å². The Kier molecular flexibility index (Phi) is 5.25. The molecule has 1 aliphatic heterocycles. The van der Waals surface area contributed by atoms with Crippen molar-refractivity contribution < 1.29 is 25.2 Å². The smallest absolute Gasteiger partial charge is 0.132 e. The van der Waals surface area contributed by atoms with Gasteiger partial charge < -0.3 is 30.9 Å². The van der Waals surface area contributed by atoms with Crippen LogP contribution in [0.15, 0.2) is 24.3 Å². The van der Waals surface area contributed by atoms with Gasteiger partial charge in [-0.1, -0.05) is 12.1 Å². The van der Waals surface area contributed by atoms with Crippen LogP contribution in [0.1, 0.15) is 5.56 Å². The molecule has 7 heteroatoms. The molecule has 0 radical (unpaired) electrons. The molecule has 0 aromatic heterocycles. The lowest BCUT2D eigenvalue weighted by molar-refractivity contribution is -0.205. The molecule has 1 aliphatic rings. The van der Waals surface area contributed by atoms with Gasteiger partial charge in [-0.2, -0.15) is 0 Å². The molecule has 5 atom stereocenters. The van der Waals surface area contributed by atoms with Crippen molar-refractivity contribution in [2.75, 3.05) is 12.3 Å². The molecule has 0 spiro atoms. The highest BCUT2D eigenvalue weighted by Crippen LogP contribution is 2.30. The Hall–Kier alpha value is -0.830. The van der Waals surface area contributed by atoms with Gasteiger partial charge in [0.1, 0.15) is 29.9 Å². The molecule has 1 saturated heterocycles. The Labute approximate surface area is 121 Å². The molecule has 0 amide bonds. The number of nitrogen functional groups attached to an aromatic ring is 1. The first-order valence-corrected chi connectivity index (χ1v) is 7.34. The third-order valence-electron chi connectivity index (χ3n) is 3.24. The number of nitrogens with two attached hydrogens (primary N) is 1. The third kappa shape index (κ3) is 3.43. The first-order valence-electron chi connectivity index (χ1n) is 6.29.